The predicted molar refractivity (Wildman–Crippen MR) is 237 cm³/mol. The standard InChI is InChI=1S/C47H52ClFN8O5/c1-50-46(61)40(8-5-24-58)53-45(60)33-13-14-35(39(48)25-33)28-55-21-15-31(16-22-55)30-9-11-32(12-10-30)36-26-37(43(49)44-38(36)27-41(52-44)47(62)54(2)3)34-7-4-19-56(29-34)42(59)17-23-57-20-6-18-51-57/h6-7,9-14,18,20,24-27,31,40,52H,4-5,8,15-17,19,21-23,28-29H2,1-3H3,(H,50,61)(H,53,60). The normalized spacial score (nSPS) is 15.2. The van der Waals surface area contributed by atoms with Gasteiger partial charge in [-0.3, -0.25) is 28.8 Å². The maximum Gasteiger partial charge on any atom is 0.269 e. The lowest BCUT2D eigenvalue weighted by Gasteiger charge is -2.32. The summed E-state index contributed by atoms with van der Waals surface area (Å²) in [5.74, 6) is -1.21. The highest BCUT2D eigenvalue weighted by Gasteiger charge is 2.27. The fraction of sp³-hybridized carbons (Fsp3) is 0.362. The van der Waals surface area contributed by atoms with Gasteiger partial charge in [0.2, 0.25) is 11.8 Å². The van der Waals surface area contributed by atoms with Crippen molar-refractivity contribution in [3.8, 4) is 11.1 Å². The number of hydrogen-bond acceptors (Lipinski definition) is 7. The SMILES string of the molecule is CNC(=O)C(CCC=O)NC(=O)c1ccc(CN2CCC(c3ccc(-c4cc(C5=CCCN(C(=O)CCn6cccn6)C5)c(F)c5[nH]c(C(=O)N(C)C)cc45)cc3)CC2)c(Cl)c1. The number of piperidine rings is 1. The number of aromatic amines is 1. The van der Waals surface area contributed by atoms with Gasteiger partial charge in [0.15, 0.2) is 5.82 Å². The number of halogens is 2. The van der Waals surface area contributed by atoms with Gasteiger partial charge in [-0.25, -0.2) is 4.39 Å². The number of hydrogen-bond donors (Lipinski definition) is 3. The lowest BCUT2D eigenvalue weighted by molar-refractivity contribution is -0.131. The van der Waals surface area contributed by atoms with Gasteiger partial charge in [0.05, 0.1) is 5.52 Å². The third kappa shape index (κ3) is 9.98. The van der Waals surface area contributed by atoms with Crippen molar-refractivity contribution in [2.24, 2.45) is 0 Å². The molecule has 5 aromatic rings. The number of likely N-dealkylation sites (tertiary alicyclic amines) is 1. The maximum atomic E-state index is 16.6. The van der Waals surface area contributed by atoms with Gasteiger partial charge >= 0.3 is 0 Å². The summed E-state index contributed by atoms with van der Waals surface area (Å²) in [5, 5.41) is 10.5. The molecule has 1 unspecified atom stereocenters. The number of nitrogens with zero attached hydrogens (tertiary/aromatic N) is 5. The van der Waals surface area contributed by atoms with Crippen LogP contribution in [0.1, 0.15) is 82.0 Å². The zero-order chi connectivity index (χ0) is 43.9. The first kappa shape index (κ1) is 44.0. The number of aryl methyl sites for hydroxylation is 1. The molecule has 3 N–H and O–H groups in total. The summed E-state index contributed by atoms with van der Waals surface area (Å²) in [4.78, 5) is 71.0. The van der Waals surface area contributed by atoms with Crippen LogP contribution in [-0.2, 0) is 27.5 Å². The molecule has 3 aromatic carbocycles. The maximum absolute atomic E-state index is 16.6. The molecule has 7 rings (SSSR count). The van der Waals surface area contributed by atoms with Crippen LogP contribution in [0.25, 0.3) is 27.6 Å². The van der Waals surface area contributed by atoms with Crippen LogP contribution < -0.4 is 10.6 Å². The molecule has 13 nitrogen and oxygen atoms in total. The number of amides is 4. The fourth-order valence-corrected chi connectivity index (χ4v) is 8.62. The monoisotopic (exact) mass is 862 g/mol. The molecule has 62 heavy (non-hydrogen) atoms. The Kier molecular flexibility index (Phi) is 14.0. The molecule has 2 aromatic heterocycles. The van der Waals surface area contributed by atoms with Gasteiger partial charge in [0, 0.05) is 94.1 Å². The van der Waals surface area contributed by atoms with E-state index in [1.54, 1.807) is 48.1 Å². The molecule has 0 aliphatic carbocycles. The van der Waals surface area contributed by atoms with Crippen LogP contribution in [0.5, 0.6) is 0 Å². The van der Waals surface area contributed by atoms with E-state index in [1.807, 2.05) is 30.5 Å². The highest BCUT2D eigenvalue weighted by Crippen LogP contribution is 2.38. The third-order valence-corrected chi connectivity index (χ3v) is 12.2. The van der Waals surface area contributed by atoms with Crippen LogP contribution in [0, 0.1) is 5.82 Å². The zero-order valence-corrected chi connectivity index (χ0v) is 36.0. The summed E-state index contributed by atoms with van der Waals surface area (Å²) < 4.78 is 18.3. The van der Waals surface area contributed by atoms with Crippen molar-refractivity contribution in [1.29, 1.82) is 0 Å². The van der Waals surface area contributed by atoms with Crippen molar-refractivity contribution in [3.63, 3.8) is 0 Å². The minimum absolute atomic E-state index is 0.0179. The van der Waals surface area contributed by atoms with E-state index in [9.17, 15) is 24.0 Å². The molecule has 1 fully saturated rings. The number of aromatic nitrogens is 3. The molecule has 2 aliphatic heterocycles. The average Bonchev–Trinajstić information content (AvgIpc) is 3.99. The highest BCUT2D eigenvalue weighted by atomic mass is 35.5. The van der Waals surface area contributed by atoms with Crippen molar-refractivity contribution < 1.29 is 28.4 Å². The minimum atomic E-state index is -0.826. The smallest absolute Gasteiger partial charge is 0.269 e. The molecule has 4 amide bonds. The molecule has 1 atom stereocenters. The number of aldehydes is 1. The summed E-state index contributed by atoms with van der Waals surface area (Å²) in [6.45, 7) is 3.62. The second-order valence-electron chi connectivity index (χ2n) is 16.2. The van der Waals surface area contributed by atoms with Crippen LogP contribution in [0.3, 0.4) is 0 Å². The van der Waals surface area contributed by atoms with Gasteiger partial charge in [0.25, 0.3) is 11.8 Å². The van der Waals surface area contributed by atoms with E-state index in [0.717, 1.165) is 48.2 Å². The van der Waals surface area contributed by atoms with Crippen molar-refractivity contribution in [3.05, 3.63) is 118 Å². The van der Waals surface area contributed by atoms with Crippen molar-refractivity contribution in [2.75, 3.05) is 47.3 Å². The Labute approximate surface area is 365 Å². The number of nitrogens with one attached hydrogen (secondary N) is 3. The zero-order valence-electron chi connectivity index (χ0n) is 35.3. The summed E-state index contributed by atoms with van der Waals surface area (Å²) in [5.41, 5.74) is 5.79. The lowest BCUT2D eigenvalue weighted by Crippen LogP contribution is -2.45. The molecule has 0 saturated carbocycles. The molecule has 4 heterocycles. The first-order valence-electron chi connectivity index (χ1n) is 21.0. The molecule has 324 valence electrons. The number of benzene rings is 3. The summed E-state index contributed by atoms with van der Waals surface area (Å²) in [6, 6.07) is 18.1. The van der Waals surface area contributed by atoms with E-state index in [4.69, 9.17) is 11.6 Å². The van der Waals surface area contributed by atoms with Crippen LogP contribution in [0.4, 0.5) is 4.39 Å². The summed E-state index contributed by atoms with van der Waals surface area (Å²) >= 11 is 6.67. The van der Waals surface area contributed by atoms with E-state index in [2.05, 4.69) is 49.9 Å². The van der Waals surface area contributed by atoms with E-state index in [-0.39, 0.29) is 42.6 Å². The van der Waals surface area contributed by atoms with Gasteiger partial charge in [-0.1, -0.05) is 48.0 Å². The first-order valence-corrected chi connectivity index (χ1v) is 21.4. The second kappa shape index (κ2) is 19.7. The Hall–Kier alpha value is -6.12. The molecular weight excluding hydrogens is 811 g/mol. The van der Waals surface area contributed by atoms with E-state index in [0.29, 0.717) is 71.9 Å². The Balaban J connectivity index is 1.04. The van der Waals surface area contributed by atoms with Gasteiger partial charge in [-0.15, -0.1) is 0 Å². The molecule has 0 bridgehead atoms. The van der Waals surface area contributed by atoms with Crippen molar-refractivity contribution in [2.45, 2.75) is 63.6 Å². The molecule has 0 spiro atoms. The topological polar surface area (TPSA) is 153 Å². The van der Waals surface area contributed by atoms with Gasteiger partial charge in [-0.2, -0.15) is 5.10 Å². The highest BCUT2D eigenvalue weighted by molar-refractivity contribution is 6.31. The first-order chi connectivity index (χ1) is 29.9. The fourth-order valence-electron chi connectivity index (χ4n) is 8.38. The largest absolute Gasteiger partial charge is 0.357 e. The van der Waals surface area contributed by atoms with E-state index in [1.165, 1.54) is 17.5 Å². The number of carbonyl (C=O) groups is 5. The van der Waals surface area contributed by atoms with E-state index < -0.39 is 17.8 Å². The molecule has 1 saturated heterocycles. The second-order valence-corrected chi connectivity index (χ2v) is 16.6. The van der Waals surface area contributed by atoms with Crippen LogP contribution in [-0.4, -0.2) is 113 Å². The summed E-state index contributed by atoms with van der Waals surface area (Å²) in [7, 11) is 4.80. The summed E-state index contributed by atoms with van der Waals surface area (Å²) in [6.07, 6.45) is 9.33. The molecule has 15 heteroatoms. The molecule has 0 radical (unpaired) electrons. The van der Waals surface area contributed by atoms with Gasteiger partial charge < -0.3 is 30.2 Å². The molecule has 2 aliphatic rings. The number of carbonyl (C=O) groups excluding carboxylic acids is 5. The quantitative estimate of drug-likeness (QED) is 0.103. The van der Waals surface area contributed by atoms with Gasteiger partial charge in [-0.05, 0) is 103 Å². The predicted octanol–water partition coefficient (Wildman–Crippen LogP) is 6.43. The lowest BCUT2D eigenvalue weighted by atomic mass is 9.87. The Morgan fingerprint density at radius 3 is 2.48 bits per heavy atom. The number of fused-ring (bicyclic) bond motifs is 1. The Morgan fingerprint density at radius 2 is 1.81 bits per heavy atom. The van der Waals surface area contributed by atoms with Crippen LogP contribution >= 0.6 is 11.6 Å². The average molecular weight is 863 g/mol. The molecular formula is C47H52ClFN8O5. The minimum Gasteiger partial charge on any atom is -0.357 e. The van der Waals surface area contributed by atoms with E-state index >= 15 is 4.39 Å². The number of rotatable bonds is 15. The van der Waals surface area contributed by atoms with Crippen molar-refractivity contribution >= 4 is 58.0 Å². The van der Waals surface area contributed by atoms with Crippen molar-refractivity contribution in [1.82, 2.24) is 40.1 Å². The Bertz CT molecular complexity index is 2470. The number of H-pyrrole nitrogens is 1. The van der Waals surface area contributed by atoms with Crippen LogP contribution in [0.2, 0.25) is 5.02 Å². The van der Waals surface area contributed by atoms with Gasteiger partial charge in [0.1, 0.15) is 18.0 Å². The van der Waals surface area contributed by atoms with Crippen LogP contribution in [0.15, 0.2) is 79.1 Å². The number of likely N-dealkylation sites (N-methyl/N-ethyl adjacent to an activating group) is 1. The third-order valence-electron chi connectivity index (χ3n) is 11.9. The Morgan fingerprint density at radius 1 is 1.03 bits per heavy atom.